The Bertz CT molecular complexity index is 844. The van der Waals surface area contributed by atoms with Gasteiger partial charge in [-0.3, -0.25) is 0 Å². The third-order valence-corrected chi connectivity index (χ3v) is 3.08. The molecule has 0 radical (unpaired) electrons. The molecule has 3 aromatic rings. The van der Waals surface area contributed by atoms with Crippen LogP contribution in [0.15, 0.2) is 45.9 Å². The highest BCUT2D eigenvalue weighted by molar-refractivity contribution is 7.71. The highest BCUT2D eigenvalue weighted by atomic mass is 32.1. The van der Waals surface area contributed by atoms with Gasteiger partial charge in [-0.25, -0.2) is 9.49 Å². The minimum atomic E-state index is -0.311. The lowest BCUT2D eigenvalue weighted by atomic mass is 10.2. The van der Waals surface area contributed by atoms with Crippen molar-refractivity contribution in [2.75, 3.05) is 0 Å². The van der Waals surface area contributed by atoms with E-state index >= 15 is 0 Å². The monoisotopic (exact) mass is 302 g/mol. The van der Waals surface area contributed by atoms with E-state index in [1.807, 2.05) is 13.0 Å². The average molecular weight is 302 g/mol. The van der Waals surface area contributed by atoms with Gasteiger partial charge >= 0.3 is 0 Å². The van der Waals surface area contributed by atoms with Gasteiger partial charge in [-0.2, -0.15) is 14.9 Å². The molecule has 0 unspecified atom stereocenters. The normalized spacial score (nSPS) is 11.3. The zero-order valence-electron chi connectivity index (χ0n) is 11.1. The van der Waals surface area contributed by atoms with Crippen LogP contribution in [-0.2, 0) is 0 Å². The van der Waals surface area contributed by atoms with Crippen LogP contribution in [0.4, 0.5) is 4.39 Å². The maximum absolute atomic E-state index is 13.0. The Morgan fingerprint density at radius 1 is 1.29 bits per heavy atom. The standard InChI is InChI=1S/C14H11FN4OS/c1-9-2-7-12(20-9)8-16-19-13(17-18-14(19)21)10-3-5-11(15)6-4-10/h2-8H,1H3,(H,18,21)/b16-8+. The second-order valence-corrected chi connectivity index (χ2v) is 4.75. The minimum absolute atomic E-state index is 0.311. The number of nitrogens with zero attached hydrogens (tertiary/aromatic N) is 3. The van der Waals surface area contributed by atoms with Crippen LogP contribution in [0, 0.1) is 17.5 Å². The Morgan fingerprint density at radius 3 is 2.71 bits per heavy atom. The van der Waals surface area contributed by atoms with Gasteiger partial charge in [0.05, 0.1) is 6.21 Å². The summed E-state index contributed by atoms with van der Waals surface area (Å²) >= 11 is 5.15. The molecule has 106 valence electrons. The van der Waals surface area contributed by atoms with Gasteiger partial charge in [0.1, 0.15) is 17.3 Å². The van der Waals surface area contributed by atoms with Crippen molar-refractivity contribution in [3.63, 3.8) is 0 Å². The summed E-state index contributed by atoms with van der Waals surface area (Å²) in [6, 6.07) is 9.59. The number of hydrogen-bond donors (Lipinski definition) is 1. The van der Waals surface area contributed by atoms with Gasteiger partial charge in [0, 0.05) is 5.56 Å². The molecular formula is C14H11FN4OS. The summed E-state index contributed by atoms with van der Waals surface area (Å²) in [5.41, 5.74) is 0.705. The van der Waals surface area contributed by atoms with Crippen molar-refractivity contribution in [1.82, 2.24) is 14.9 Å². The lowest BCUT2D eigenvalue weighted by molar-refractivity contribution is 0.527. The molecule has 21 heavy (non-hydrogen) atoms. The predicted molar refractivity (Wildman–Crippen MR) is 79.2 cm³/mol. The second kappa shape index (κ2) is 5.45. The van der Waals surface area contributed by atoms with E-state index in [9.17, 15) is 4.39 Å². The zero-order chi connectivity index (χ0) is 14.8. The lowest BCUT2D eigenvalue weighted by Gasteiger charge is -2.00. The van der Waals surface area contributed by atoms with Gasteiger partial charge in [-0.1, -0.05) is 0 Å². The summed E-state index contributed by atoms with van der Waals surface area (Å²) < 4.78 is 20.2. The molecule has 0 spiro atoms. The Kier molecular flexibility index (Phi) is 3.49. The van der Waals surface area contributed by atoms with E-state index in [4.69, 9.17) is 16.6 Å². The maximum Gasteiger partial charge on any atom is 0.216 e. The Hall–Kier alpha value is -2.54. The Balaban J connectivity index is 1.99. The molecule has 0 aliphatic carbocycles. The molecule has 3 rings (SSSR count). The summed E-state index contributed by atoms with van der Waals surface area (Å²) in [7, 11) is 0. The van der Waals surface area contributed by atoms with Crippen LogP contribution in [0.2, 0.25) is 0 Å². The third kappa shape index (κ3) is 2.82. The van der Waals surface area contributed by atoms with Crippen molar-refractivity contribution in [1.29, 1.82) is 0 Å². The molecule has 1 N–H and O–H groups in total. The largest absolute Gasteiger partial charge is 0.460 e. The minimum Gasteiger partial charge on any atom is -0.460 e. The molecule has 0 saturated heterocycles. The number of furan rings is 1. The number of benzene rings is 1. The summed E-state index contributed by atoms with van der Waals surface area (Å²) in [6.45, 7) is 1.85. The van der Waals surface area contributed by atoms with Crippen molar-refractivity contribution in [2.24, 2.45) is 5.10 Å². The smallest absolute Gasteiger partial charge is 0.216 e. The predicted octanol–water partition coefficient (Wildman–Crippen LogP) is 3.53. The SMILES string of the molecule is Cc1ccc(/C=N/n2c(-c3ccc(F)cc3)n[nH]c2=S)o1. The first-order chi connectivity index (χ1) is 10.1. The van der Waals surface area contributed by atoms with E-state index in [0.717, 1.165) is 5.76 Å². The van der Waals surface area contributed by atoms with Crippen molar-refractivity contribution in [3.05, 3.63) is 58.5 Å². The topological polar surface area (TPSA) is 59.1 Å². The van der Waals surface area contributed by atoms with E-state index in [2.05, 4.69) is 15.3 Å². The summed E-state index contributed by atoms with van der Waals surface area (Å²) in [5.74, 6) is 1.60. The molecule has 0 bridgehead atoms. The number of H-pyrrole nitrogens is 1. The van der Waals surface area contributed by atoms with E-state index in [1.165, 1.54) is 16.8 Å². The van der Waals surface area contributed by atoms with Crippen LogP contribution in [0.5, 0.6) is 0 Å². The van der Waals surface area contributed by atoms with Crippen LogP contribution in [0.1, 0.15) is 11.5 Å². The molecule has 0 saturated carbocycles. The van der Waals surface area contributed by atoms with E-state index in [-0.39, 0.29) is 5.82 Å². The van der Waals surface area contributed by atoms with Crippen LogP contribution in [-0.4, -0.2) is 21.1 Å². The quantitative estimate of drug-likeness (QED) is 0.595. The van der Waals surface area contributed by atoms with Crippen molar-refractivity contribution < 1.29 is 8.81 Å². The molecule has 1 aromatic carbocycles. The van der Waals surface area contributed by atoms with Crippen LogP contribution in [0.3, 0.4) is 0 Å². The average Bonchev–Trinajstić information content (AvgIpc) is 3.04. The highest BCUT2D eigenvalue weighted by Crippen LogP contribution is 2.17. The number of nitrogens with one attached hydrogen (secondary N) is 1. The maximum atomic E-state index is 13.0. The molecule has 0 aliphatic rings. The first-order valence-corrected chi connectivity index (χ1v) is 6.58. The van der Waals surface area contributed by atoms with E-state index < -0.39 is 0 Å². The number of halogens is 1. The molecule has 0 fully saturated rings. The number of aromatic nitrogens is 3. The van der Waals surface area contributed by atoms with E-state index in [0.29, 0.717) is 21.9 Å². The van der Waals surface area contributed by atoms with E-state index in [1.54, 1.807) is 24.4 Å². The highest BCUT2D eigenvalue weighted by Gasteiger charge is 2.08. The molecule has 7 heteroatoms. The second-order valence-electron chi connectivity index (χ2n) is 4.36. The molecule has 2 heterocycles. The Labute approximate surface area is 124 Å². The molecule has 0 atom stereocenters. The Morgan fingerprint density at radius 2 is 2.05 bits per heavy atom. The summed E-state index contributed by atoms with van der Waals surface area (Å²) in [4.78, 5) is 0. The number of rotatable bonds is 3. The summed E-state index contributed by atoms with van der Waals surface area (Å²) in [6.07, 6.45) is 1.55. The molecular weight excluding hydrogens is 291 g/mol. The van der Waals surface area contributed by atoms with Crippen LogP contribution >= 0.6 is 12.2 Å². The fourth-order valence-electron chi connectivity index (χ4n) is 1.82. The van der Waals surface area contributed by atoms with Crippen molar-refractivity contribution in [2.45, 2.75) is 6.92 Å². The molecule has 0 aliphatic heterocycles. The molecule has 0 amide bonds. The summed E-state index contributed by atoms with van der Waals surface area (Å²) in [5, 5.41) is 11.0. The first-order valence-electron chi connectivity index (χ1n) is 6.17. The van der Waals surface area contributed by atoms with Crippen molar-refractivity contribution in [3.8, 4) is 11.4 Å². The van der Waals surface area contributed by atoms with Gasteiger partial charge in [-0.05, 0) is 55.5 Å². The van der Waals surface area contributed by atoms with Gasteiger partial charge in [0.15, 0.2) is 5.82 Å². The fraction of sp³-hybridized carbons (Fsp3) is 0.0714. The lowest BCUT2D eigenvalue weighted by Crippen LogP contribution is -1.94. The van der Waals surface area contributed by atoms with Gasteiger partial charge in [-0.15, -0.1) is 0 Å². The number of aromatic amines is 1. The van der Waals surface area contributed by atoms with Gasteiger partial charge in [0.2, 0.25) is 4.77 Å². The molecule has 5 nitrogen and oxygen atoms in total. The van der Waals surface area contributed by atoms with Crippen LogP contribution in [0.25, 0.3) is 11.4 Å². The molecule has 2 aromatic heterocycles. The van der Waals surface area contributed by atoms with Gasteiger partial charge < -0.3 is 4.42 Å². The zero-order valence-corrected chi connectivity index (χ0v) is 11.9. The van der Waals surface area contributed by atoms with Crippen molar-refractivity contribution >= 4 is 18.4 Å². The fourth-order valence-corrected chi connectivity index (χ4v) is 2.00. The number of aryl methyl sites for hydroxylation is 1. The van der Waals surface area contributed by atoms with Gasteiger partial charge in [0.25, 0.3) is 0 Å². The third-order valence-electron chi connectivity index (χ3n) is 2.81. The first kappa shape index (κ1) is 13.4. The van der Waals surface area contributed by atoms with Crippen LogP contribution < -0.4 is 0 Å². The number of hydrogen-bond acceptors (Lipinski definition) is 4.